The molecule has 2 aliphatic rings. The summed E-state index contributed by atoms with van der Waals surface area (Å²) in [6, 6.07) is 6.81. The minimum atomic E-state index is -0.354. The van der Waals surface area contributed by atoms with Gasteiger partial charge in [0.15, 0.2) is 0 Å². The maximum atomic E-state index is 10.9. The zero-order valence-corrected chi connectivity index (χ0v) is 12.4. The first-order valence-corrected chi connectivity index (χ1v) is 7.21. The molecule has 0 aliphatic carbocycles. The van der Waals surface area contributed by atoms with Crippen LogP contribution in [-0.4, -0.2) is 47.7 Å². The molecule has 22 heavy (non-hydrogen) atoms. The van der Waals surface area contributed by atoms with Gasteiger partial charge in [-0.15, -0.1) is 0 Å². The average molecular weight is 305 g/mol. The van der Waals surface area contributed by atoms with Crippen LogP contribution in [0.2, 0.25) is 0 Å². The summed E-state index contributed by atoms with van der Waals surface area (Å²) in [5, 5.41) is 12.8. The molecule has 2 heterocycles. The maximum absolute atomic E-state index is 10.9. The highest BCUT2D eigenvalue weighted by Crippen LogP contribution is 2.22. The van der Waals surface area contributed by atoms with Crippen LogP contribution in [-0.2, 0) is 4.84 Å². The van der Waals surface area contributed by atoms with E-state index in [1.54, 1.807) is 12.1 Å². The topological polar surface area (TPSA) is 74.1 Å². The first-order chi connectivity index (χ1) is 10.6. The molecule has 8 nitrogen and oxygen atoms in total. The molecule has 0 bridgehead atoms. The third-order valence-corrected chi connectivity index (χ3v) is 3.79. The van der Waals surface area contributed by atoms with Crippen LogP contribution >= 0.6 is 0 Å². The molecule has 0 saturated carbocycles. The maximum Gasteiger partial charge on any atom is 0.271 e. The fraction of sp³-hybridized carbons (Fsp3) is 0.429. The fourth-order valence-electron chi connectivity index (χ4n) is 2.64. The number of nitro groups is 1. The van der Waals surface area contributed by atoms with Crippen LogP contribution in [0.1, 0.15) is 6.92 Å². The van der Waals surface area contributed by atoms with Gasteiger partial charge in [-0.3, -0.25) is 20.0 Å². The quantitative estimate of drug-likeness (QED) is 0.663. The first kappa shape index (κ1) is 14.6. The van der Waals surface area contributed by atoms with Crippen LogP contribution in [0.25, 0.3) is 0 Å². The molecule has 0 radical (unpaired) electrons. The van der Waals surface area contributed by atoms with Crippen molar-refractivity contribution in [1.29, 1.82) is 0 Å². The summed E-state index contributed by atoms with van der Waals surface area (Å²) in [4.78, 5) is 20.2. The number of non-ortho nitro benzene ring substituents is 1. The van der Waals surface area contributed by atoms with Crippen molar-refractivity contribution in [3.63, 3.8) is 0 Å². The lowest BCUT2D eigenvalue weighted by molar-refractivity contribution is -0.384. The molecule has 1 aromatic rings. The zero-order chi connectivity index (χ0) is 15.5. The van der Waals surface area contributed by atoms with E-state index in [0.29, 0.717) is 0 Å². The average Bonchev–Trinajstić information content (AvgIpc) is 2.93. The summed E-state index contributed by atoms with van der Waals surface area (Å²) in [6.45, 7) is 6.13. The number of piperazine rings is 1. The molecule has 0 unspecified atom stereocenters. The molecule has 0 amide bonds. The van der Waals surface area contributed by atoms with Crippen molar-refractivity contribution in [3.8, 4) is 0 Å². The lowest BCUT2D eigenvalue weighted by Crippen LogP contribution is -2.50. The molecule has 118 valence electrons. The molecule has 0 aromatic heterocycles. The Morgan fingerprint density at radius 1 is 1.32 bits per heavy atom. The van der Waals surface area contributed by atoms with Gasteiger partial charge in [0, 0.05) is 44.0 Å². The van der Waals surface area contributed by atoms with Gasteiger partial charge in [0.05, 0.1) is 17.8 Å². The van der Waals surface area contributed by atoms with E-state index in [4.69, 9.17) is 4.84 Å². The molecule has 1 fully saturated rings. The lowest BCUT2D eigenvalue weighted by Gasteiger charge is -2.37. The summed E-state index contributed by atoms with van der Waals surface area (Å²) < 4.78 is 0. The van der Waals surface area contributed by atoms with Gasteiger partial charge in [-0.05, 0) is 13.0 Å². The largest absolute Gasteiger partial charge is 0.392 e. The molecule has 8 heteroatoms. The van der Waals surface area contributed by atoms with Crippen molar-refractivity contribution in [2.75, 3.05) is 37.7 Å². The molecule has 0 atom stereocenters. The Labute approximate surface area is 128 Å². The summed E-state index contributed by atoms with van der Waals surface area (Å²) in [7, 11) is 0. The van der Waals surface area contributed by atoms with Crippen LogP contribution < -0.4 is 10.5 Å². The Morgan fingerprint density at radius 2 is 2.09 bits per heavy atom. The smallest absolute Gasteiger partial charge is 0.271 e. The number of hydrazine groups is 1. The van der Waals surface area contributed by atoms with E-state index in [-0.39, 0.29) is 10.6 Å². The molecular weight excluding hydrogens is 286 g/mol. The Bertz CT molecular complexity index is 584. The van der Waals surface area contributed by atoms with Crippen LogP contribution in [0.5, 0.6) is 0 Å². The van der Waals surface area contributed by atoms with E-state index >= 15 is 0 Å². The Morgan fingerprint density at radius 3 is 2.73 bits per heavy atom. The van der Waals surface area contributed by atoms with Gasteiger partial charge in [0.25, 0.3) is 5.69 Å². The van der Waals surface area contributed by atoms with Crippen molar-refractivity contribution in [2.45, 2.75) is 6.92 Å². The number of benzene rings is 1. The number of hydrogen-bond acceptors (Lipinski definition) is 7. The number of allylic oxidation sites excluding steroid dienone is 1. The molecule has 0 spiro atoms. The second-order valence-corrected chi connectivity index (χ2v) is 5.43. The number of rotatable bonds is 4. The fourth-order valence-corrected chi connectivity index (χ4v) is 2.64. The molecular formula is C14H19N5O3. The van der Waals surface area contributed by atoms with Crippen LogP contribution in [0, 0.1) is 10.1 Å². The molecule has 1 N–H and O–H groups in total. The Kier molecular flexibility index (Phi) is 4.12. The van der Waals surface area contributed by atoms with Gasteiger partial charge in [-0.25, -0.2) is 0 Å². The van der Waals surface area contributed by atoms with Crippen molar-refractivity contribution in [1.82, 2.24) is 15.5 Å². The van der Waals surface area contributed by atoms with Gasteiger partial charge in [-0.1, -0.05) is 11.7 Å². The lowest BCUT2D eigenvalue weighted by atomic mass is 10.2. The molecule has 3 rings (SSSR count). The number of nitrogens with zero attached hydrogens (tertiary/aromatic N) is 4. The predicted octanol–water partition coefficient (Wildman–Crippen LogP) is 1.29. The Hall–Kier alpha value is -2.32. The Balaban J connectivity index is 1.55. The minimum Gasteiger partial charge on any atom is -0.392 e. The van der Waals surface area contributed by atoms with E-state index in [1.807, 2.05) is 24.2 Å². The normalized spacial score (nSPS) is 19.0. The van der Waals surface area contributed by atoms with Crippen LogP contribution in [0.15, 0.2) is 36.2 Å². The first-order valence-electron chi connectivity index (χ1n) is 7.21. The number of nitro benzene ring substituents is 1. The van der Waals surface area contributed by atoms with Crippen molar-refractivity contribution in [2.24, 2.45) is 0 Å². The summed E-state index contributed by atoms with van der Waals surface area (Å²) in [5.74, 6) is 0.843. The highest BCUT2D eigenvalue weighted by molar-refractivity contribution is 5.53. The van der Waals surface area contributed by atoms with Crippen molar-refractivity contribution >= 4 is 11.4 Å². The van der Waals surface area contributed by atoms with Gasteiger partial charge in [0.2, 0.25) is 0 Å². The summed E-state index contributed by atoms with van der Waals surface area (Å²) in [6.07, 6.45) is 1.92. The van der Waals surface area contributed by atoms with Crippen molar-refractivity contribution in [3.05, 3.63) is 46.3 Å². The summed E-state index contributed by atoms with van der Waals surface area (Å²) >= 11 is 0. The monoisotopic (exact) mass is 305 g/mol. The van der Waals surface area contributed by atoms with Gasteiger partial charge in [-0.2, -0.15) is 0 Å². The molecule has 2 aliphatic heterocycles. The van der Waals surface area contributed by atoms with Crippen LogP contribution in [0.3, 0.4) is 0 Å². The highest BCUT2D eigenvalue weighted by atomic mass is 16.7. The predicted molar refractivity (Wildman–Crippen MR) is 81.6 cm³/mol. The highest BCUT2D eigenvalue weighted by Gasteiger charge is 2.21. The van der Waals surface area contributed by atoms with E-state index in [2.05, 4.69) is 15.4 Å². The van der Waals surface area contributed by atoms with E-state index < -0.39 is 0 Å². The third kappa shape index (κ3) is 3.29. The number of anilines is 1. The SMILES string of the molecule is CC1=CN(CN2CCN(c3cccc([N+](=O)[O-])c3)CC2)NO1. The van der Waals surface area contributed by atoms with Crippen LogP contribution in [0.4, 0.5) is 11.4 Å². The molecule has 1 aromatic carbocycles. The number of nitrogens with one attached hydrogen (secondary N) is 1. The van der Waals surface area contributed by atoms with E-state index in [0.717, 1.165) is 44.3 Å². The second-order valence-electron chi connectivity index (χ2n) is 5.43. The third-order valence-electron chi connectivity index (χ3n) is 3.79. The summed E-state index contributed by atoms with van der Waals surface area (Å²) in [5.41, 5.74) is 3.87. The van der Waals surface area contributed by atoms with Gasteiger partial charge >= 0.3 is 0 Å². The number of hydrogen-bond donors (Lipinski definition) is 1. The minimum absolute atomic E-state index is 0.138. The van der Waals surface area contributed by atoms with Gasteiger partial charge < -0.3 is 9.74 Å². The second kappa shape index (κ2) is 6.20. The standard InChI is InChI=1S/C14H19N5O3/c1-12-10-18(15-22-12)11-16-5-7-17(8-6-16)13-3-2-4-14(9-13)19(20)21/h2-4,9-10,15H,5-8,11H2,1H3. The van der Waals surface area contributed by atoms with Crippen molar-refractivity contribution < 1.29 is 9.76 Å². The molecule has 1 saturated heterocycles. The van der Waals surface area contributed by atoms with E-state index in [1.165, 1.54) is 6.07 Å². The van der Waals surface area contributed by atoms with E-state index in [9.17, 15) is 10.1 Å². The zero-order valence-electron chi connectivity index (χ0n) is 12.4. The van der Waals surface area contributed by atoms with Gasteiger partial charge in [0.1, 0.15) is 5.76 Å².